The van der Waals surface area contributed by atoms with Crippen LogP contribution in [0.15, 0.2) is 49.1 Å². The minimum Gasteiger partial charge on any atom is -0.482 e. The lowest BCUT2D eigenvalue weighted by molar-refractivity contribution is -0.139. The van der Waals surface area contributed by atoms with Crippen LogP contribution < -0.4 is 10.1 Å². The third-order valence-electron chi connectivity index (χ3n) is 8.86. The van der Waals surface area contributed by atoms with Crippen molar-refractivity contribution < 1.29 is 14.6 Å². The SMILES string of the molecule is CC(C)(C)CN1CCC2(CC1)CCN(CCCn1ccnc1CC(NCc1cccc(OCC(=O)O)c1)c1ncc[nH]1)C2. The number of H-pyrrole nitrogens is 1. The lowest BCUT2D eigenvalue weighted by Gasteiger charge is -2.41. The summed E-state index contributed by atoms with van der Waals surface area (Å²) in [5.41, 5.74) is 1.91. The molecule has 2 aromatic heterocycles. The lowest BCUT2D eigenvalue weighted by atomic mass is 9.77. The number of imidazole rings is 2. The number of aromatic amines is 1. The largest absolute Gasteiger partial charge is 0.482 e. The molecule has 0 aliphatic carbocycles. The third-order valence-corrected chi connectivity index (χ3v) is 8.86. The fourth-order valence-electron chi connectivity index (χ4n) is 6.73. The van der Waals surface area contributed by atoms with Crippen molar-refractivity contribution >= 4 is 5.97 Å². The number of hydrogen-bond acceptors (Lipinski definition) is 7. The number of nitrogens with one attached hydrogen (secondary N) is 2. The van der Waals surface area contributed by atoms with Gasteiger partial charge in [0.2, 0.25) is 0 Å². The Balaban J connectivity index is 1.11. The molecule has 5 rings (SSSR count). The Hall–Kier alpha value is -3.21. The summed E-state index contributed by atoms with van der Waals surface area (Å²) < 4.78 is 7.64. The molecule has 1 aromatic carbocycles. The summed E-state index contributed by atoms with van der Waals surface area (Å²) in [6, 6.07) is 7.46. The molecule has 2 aliphatic rings. The van der Waals surface area contributed by atoms with Crippen molar-refractivity contribution in [1.29, 1.82) is 0 Å². The monoisotopic (exact) mass is 591 g/mol. The van der Waals surface area contributed by atoms with Crippen LogP contribution in [0, 0.1) is 10.8 Å². The Kier molecular flexibility index (Phi) is 10.2. The molecule has 1 unspecified atom stereocenters. The van der Waals surface area contributed by atoms with Gasteiger partial charge in [0.25, 0.3) is 0 Å². The van der Waals surface area contributed by atoms with E-state index in [0.717, 1.165) is 36.7 Å². The number of rotatable bonds is 14. The van der Waals surface area contributed by atoms with Gasteiger partial charge in [0, 0.05) is 57.4 Å². The molecule has 2 fully saturated rings. The lowest BCUT2D eigenvalue weighted by Crippen LogP contribution is -2.44. The molecule has 0 saturated carbocycles. The predicted molar refractivity (Wildman–Crippen MR) is 167 cm³/mol. The van der Waals surface area contributed by atoms with Gasteiger partial charge in [-0.05, 0) is 80.4 Å². The zero-order valence-corrected chi connectivity index (χ0v) is 26.1. The van der Waals surface area contributed by atoms with Gasteiger partial charge >= 0.3 is 5.97 Å². The van der Waals surface area contributed by atoms with E-state index in [0.29, 0.717) is 29.5 Å². The number of piperidine rings is 1. The van der Waals surface area contributed by atoms with Crippen LogP contribution in [-0.2, 0) is 24.3 Å². The van der Waals surface area contributed by atoms with Crippen LogP contribution in [0.4, 0.5) is 0 Å². The first-order valence-electron chi connectivity index (χ1n) is 15.8. The highest BCUT2D eigenvalue weighted by molar-refractivity contribution is 5.68. The van der Waals surface area contributed by atoms with Crippen molar-refractivity contribution in [2.45, 2.75) is 72.0 Å². The van der Waals surface area contributed by atoms with Crippen molar-refractivity contribution in [2.75, 3.05) is 45.9 Å². The topological polar surface area (TPSA) is 112 Å². The van der Waals surface area contributed by atoms with E-state index >= 15 is 0 Å². The average molecular weight is 592 g/mol. The maximum Gasteiger partial charge on any atom is 0.341 e. The van der Waals surface area contributed by atoms with E-state index in [1.807, 2.05) is 30.6 Å². The maximum atomic E-state index is 10.9. The number of nitrogens with zero attached hydrogens (tertiary/aromatic N) is 5. The number of hydrogen-bond donors (Lipinski definition) is 3. The van der Waals surface area contributed by atoms with Crippen LogP contribution in [-0.4, -0.2) is 86.3 Å². The first-order chi connectivity index (χ1) is 20.7. The fraction of sp³-hybridized carbons (Fsp3) is 0.606. The van der Waals surface area contributed by atoms with Gasteiger partial charge in [-0.15, -0.1) is 0 Å². The quantitative estimate of drug-likeness (QED) is 0.254. The number of ether oxygens (including phenoxy) is 1. The molecular weight excluding hydrogens is 542 g/mol. The highest BCUT2D eigenvalue weighted by Crippen LogP contribution is 2.40. The molecule has 0 radical (unpaired) electrons. The molecule has 43 heavy (non-hydrogen) atoms. The normalized spacial score (nSPS) is 18.3. The van der Waals surface area contributed by atoms with Gasteiger partial charge in [-0.2, -0.15) is 0 Å². The number of carbonyl (C=O) groups is 1. The van der Waals surface area contributed by atoms with E-state index in [4.69, 9.17) is 14.8 Å². The summed E-state index contributed by atoms with van der Waals surface area (Å²) >= 11 is 0. The van der Waals surface area contributed by atoms with Crippen LogP contribution in [0.2, 0.25) is 0 Å². The minimum absolute atomic E-state index is 0.0534. The first-order valence-corrected chi connectivity index (χ1v) is 15.8. The second-order valence-corrected chi connectivity index (χ2v) is 13.7. The summed E-state index contributed by atoms with van der Waals surface area (Å²) in [6.45, 7) is 15.5. The summed E-state index contributed by atoms with van der Waals surface area (Å²) in [7, 11) is 0. The van der Waals surface area contributed by atoms with E-state index in [-0.39, 0.29) is 12.6 Å². The van der Waals surface area contributed by atoms with E-state index in [2.05, 4.69) is 56.6 Å². The average Bonchev–Trinajstić information content (AvgIpc) is 3.74. The number of aryl methyl sites for hydroxylation is 1. The minimum atomic E-state index is -0.992. The van der Waals surface area contributed by atoms with Gasteiger partial charge in [0.15, 0.2) is 6.61 Å². The van der Waals surface area contributed by atoms with Crippen molar-refractivity contribution in [3.63, 3.8) is 0 Å². The molecule has 10 nitrogen and oxygen atoms in total. The highest BCUT2D eigenvalue weighted by atomic mass is 16.5. The molecule has 0 bridgehead atoms. The summed E-state index contributed by atoms with van der Waals surface area (Å²) in [5, 5.41) is 12.5. The van der Waals surface area contributed by atoms with Gasteiger partial charge in [-0.1, -0.05) is 32.9 Å². The number of aliphatic carboxylic acids is 1. The zero-order chi connectivity index (χ0) is 30.3. The fourth-order valence-corrected chi connectivity index (χ4v) is 6.73. The first kappa shape index (κ1) is 31.2. The van der Waals surface area contributed by atoms with Crippen LogP contribution in [0.3, 0.4) is 0 Å². The smallest absolute Gasteiger partial charge is 0.341 e. The molecule has 1 spiro atoms. The van der Waals surface area contributed by atoms with Crippen molar-refractivity contribution in [1.82, 2.24) is 34.6 Å². The van der Waals surface area contributed by atoms with E-state index in [1.165, 1.54) is 52.0 Å². The maximum absolute atomic E-state index is 10.9. The van der Waals surface area contributed by atoms with Crippen LogP contribution >= 0.6 is 0 Å². The van der Waals surface area contributed by atoms with Crippen molar-refractivity contribution in [2.24, 2.45) is 10.8 Å². The van der Waals surface area contributed by atoms with Crippen molar-refractivity contribution in [3.8, 4) is 5.75 Å². The summed E-state index contributed by atoms with van der Waals surface area (Å²) in [4.78, 5) is 28.7. The standard InChI is InChI=1S/C33H49N7O3/c1-32(2,3)24-39-17-9-33(10-18-39)8-16-38(25-33)14-5-15-40-19-13-34-29(40)21-28(31-35-11-12-36-31)37-22-26-6-4-7-27(20-26)43-23-30(41)42/h4,6-7,11-13,19-20,28,37H,5,8-10,14-18,21-25H2,1-3H3,(H,35,36)(H,41,42). The second kappa shape index (κ2) is 14.1. The van der Waals surface area contributed by atoms with Gasteiger partial charge in [-0.25, -0.2) is 14.8 Å². The number of aromatic nitrogens is 4. The van der Waals surface area contributed by atoms with E-state index in [1.54, 1.807) is 12.3 Å². The van der Waals surface area contributed by atoms with Gasteiger partial charge in [-0.3, -0.25) is 0 Å². The molecule has 2 saturated heterocycles. The Morgan fingerprint density at radius 2 is 1.91 bits per heavy atom. The molecule has 234 valence electrons. The van der Waals surface area contributed by atoms with Crippen LogP contribution in [0.25, 0.3) is 0 Å². The molecule has 3 N–H and O–H groups in total. The summed E-state index contributed by atoms with van der Waals surface area (Å²) in [5.74, 6) is 1.45. The van der Waals surface area contributed by atoms with E-state index < -0.39 is 5.97 Å². The third kappa shape index (κ3) is 9.14. The Morgan fingerprint density at radius 3 is 2.63 bits per heavy atom. The van der Waals surface area contributed by atoms with Gasteiger partial charge in [0.1, 0.15) is 17.4 Å². The Morgan fingerprint density at radius 1 is 1.12 bits per heavy atom. The van der Waals surface area contributed by atoms with Crippen molar-refractivity contribution in [3.05, 3.63) is 66.3 Å². The molecule has 2 aliphatic heterocycles. The molecule has 4 heterocycles. The highest BCUT2D eigenvalue weighted by Gasteiger charge is 2.40. The number of carboxylic acids is 1. The molecule has 3 aromatic rings. The van der Waals surface area contributed by atoms with Gasteiger partial charge in [0.05, 0.1) is 6.04 Å². The Bertz CT molecular complexity index is 1290. The number of carboxylic acid groups (broad SMARTS) is 1. The molecule has 0 amide bonds. The molecular formula is C33H49N7O3. The van der Waals surface area contributed by atoms with Gasteiger partial charge < -0.3 is 34.5 Å². The second-order valence-electron chi connectivity index (χ2n) is 13.7. The zero-order valence-electron chi connectivity index (χ0n) is 26.1. The van der Waals surface area contributed by atoms with Crippen LogP contribution in [0.5, 0.6) is 5.75 Å². The van der Waals surface area contributed by atoms with Crippen LogP contribution in [0.1, 0.15) is 69.7 Å². The Labute approximate surface area is 255 Å². The predicted octanol–water partition coefficient (Wildman–Crippen LogP) is 4.37. The molecule has 1 atom stereocenters. The number of benzene rings is 1. The molecule has 10 heteroatoms. The number of likely N-dealkylation sites (tertiary alicyclic amines) is 2. The summed E-state index contributed by atoms with van der Waals surface area (Å²) in [6.07, 6.45) is 13.4. The van der Waals surface area contributed by atoms with E-state index in [9.17, 15) is 4.79 Å².